The maximum absolute atomic E-state index is 12.6. The summed E-state index contributed by atoms with van der Waals surface area (Å²) < 4.78 is 27.7. The summed E-state index contributed by atoms with van der Waals surface area (Å²) in [4.78, 5) is 12.9. The van der Waals surface area contributed by atoms with Gasteiger partial charge in [-0.15, -0.1) is 0 Å². The standard InChI is InChI=1S/C17H20ClN3O4S/c18-15-4-3-12(8-19)5-16(15)26(24,25)20-13-6-14(7-13)21(10-17(22)23)9-11-1-2-11/h3-5,11,13-14,20H,1-2,6-7,9-10H2,(H,22,23). The van der Waals surface area contributed by atoms with Crippen molar-refractivity contribution >= 4 is 27.6 Å². The van der Waals surface area contributed by atoms with Gasteiger partial charge in [0.05, 0.1) is 23.2 Å². The van der Waals surface area contributed by atoms with E-state index < -0.39 is 16.0 Å². The van der Waals surface area contributed by atoms with Gasteiger partial charge in [0, 0.05) is 18.6 Å². The molecule has 0 heterocycles. The summed E-state index contributed by atoms with van der Waals surface area (Å²) in [6, 6.07) is 5.81. The van der Waals surface area contributed by atoms with E-state index in [-0.39, 0.29) is 34.1 Å². The largest absolute Gasteiger partial charge is 0.480 e. The Morgan fingerprint density at radius 3 is 2.65 bits per heavy atom. The van der Waals surface area contributed by atoms with Gasteiger partial charge in [-0.2, -0.15) is 5.26 Å². The molecule has 0 unspecified atom stereocenters. The van der Waals surface area contributed by atoms with Crippen molar-refractivity contribution in [3.63, 3.8) is 0 Å². The van der Waals surface area contributed by atoms with Crippen molar-refractivity contribution in [2.45, 2.75) is 42.7 Å². The quantitative estimate of drug-likeness (QED) is 0.692. The van der Waals surface area contributed by atoms with Gasteiger partial charge in [-0.05, 0) is 49.8 Å². The first-order valence-corrected chi connectivity index (χ1v) is 10.3. The highest BCUT2D eigenvalue weighted by molar-refractivity contribution is 7.89. The molecular weight excluding hydrogens is 378 g/mol. The molecule has 0 aromatic heterocycles. The lowest BCUT2D eigenvalue weighted by Crippen LogP contribution is -2.55. The number of carbonyl (C=O) groups is 1. The molecule has 140 valence electrons. The molecule has 0 bridgehead atoms. The number of sulfonamides is 1. The minimum absolute atomic E-state index is 0.0172. The smallest absolute Gasteiger partial charge is 0.317 e. The molecule has 0 radical (unpaired) electrons. The predicted octanol–water partition coefficient (Wildman–Crippen LogP) is 1.82. The number of nitriles is 1. The van der Waals surface area contributed by atoms with Gasteiger partial charge in [0.25, 0.3) is 0 Å². The van der Waals surface area contributed by atoms with Crippen molar-refractivity contribution in [2.75, 3.05) is 13.1 Å². The average Bonchev–Trinajstić information content (AvgIpc) is 3.34. The van der Waals surface area contributed by atoms with Crippen LogP contribution in [0.1, 0.15) is 31.2 Å². The van der Waals surface area contributed by atoms with Gasteiger partial charge in [0.1, 0.15) is 4.90 Å². The van der Waals surface area contributed by atoms with Gasteiger partial charge in [-0.25, -0.2) is 13.1 Å². The molecule has 3 rings (SSSR count). The Hall–Kier alpha value is -1.66. The molecule has 2 aliphatic carbocycles. The molecule has 26 heavy (non-hydrogen) atoms. The van der Waals surface area contributed by atoms with Gasteiger partial charge in [0.15, 0.2) is 0 Å². The third-order valence-electron chi connectivity index (χ3n) is 4.83. The third-order valence-corrected chi connectivity index (χ3v) is 6.83. The van der Waals surface area contributed by atoms with Crippen LogP contribution in [0.15, 0.2) is 23.1 Å². The van der Waals surface area contributed by atoms with Crippen LogP contribution in [-0.4, -0.2) is 49.6 Å². The number of hydrogen-bond acceptors (Lipinski definition) is 5. The monoisotopic (exact) mass is 397 g/mol. The first-order chi connectivity index (χ1) is 12.3. The van der Waals surface area contributed by atoms with Gasteiger partial charge >= 0.3 is 5.97 Å². The molecule has 2 aliphatic rings. The second-order valence-corrected chi connectivity index (χ2v) is 9.06. The van der Waals surface area contributed by atoms with Crippen LogP contribution in [0.2, 0.25) is 5.02 Å². The van der Waals surface area contributed by atoms with E-state index in [1.165, 1.54) is 18.2 Å². The maximum atomic E-state index is 12.6. The molecule has 9 heteroatoms. The molecule has 0 saturated heterocycles. The summed E-state index contributed by atoms with van der Waals surface area (Å²) >= 11 is 5.98. The zero-order valence-corrected chi connectivity index (χ0v) is 15.6. The number of carboxylic acid groups (broad SMARTS) is 1. The lowest BCUT2D eigenvalue weighted by atomic mass is 9.86. The Bertz CT molecular complexity index is 842. The number of aliphatic carboxylic acids is 1. The van der Waals surface area contributed by atoms with Crippen molar-refractivity contribution < 1.29 is 18.3 Å². The van der Waals surface area contributed by atoms with Gasteiger partial charge in [-0.1, -0.05) is 11.6 Å². The molecule has 2 N–H and O–H groups in total. The highest BCUT2D eigenvalue weighted by Crippen LogP contribution is 2.34. The minimum Gasteiger partial charge on any atom is -0.480 e. The van der Waals surface area contributed by atoms with Crippen molar-refractivity contribution in [3.05, 3.63) is 28.8 Å². The van der Waals surface area contributed by atoms with Crippen LogP contribution in [0.5, 0.6) is 0 Å². The summed E-state index contributed by atoms with van der Waals surface area (Å²) in [5, 5.41) is 18.1. The molecule has 0 amide bonds. The summed E-state index contributed by atoms with van der Waals surface area (Å²) in [5.74, 6) is -0.299. The Morgan fingerprint density at radius 2 is 2.08 bits per heavy atom. The molecule has 7 nitrogen and oxygen atoms in total. The Balaban J connectivity index is 1.62. The molecule has 0 spiro atoms. The maximum Gasteiger partial charge on any atom is 0.317 e. The van der Waals surface area contributed by atoms with Crippen molar-refractivity contribution in [1.29, 1.82) is 5.26 Å². The number of halogens is 1. The van der Waals surface area contributed by atoms with E-state index in [0.717, 1.165) is 19.4 Å². The van der Waals surface area contributed by atoms with Gasteiger partial charge in [-0.3, -0.25) is 9.69 Å². The van der Waals surface area contributed by atoms with E-state index in [1.54, 1.807) is 0 Å². The number of hydrogen-bond donors (Lipinski definition) is 2. The number of benzene rings is 1. The summed E-state index contributed by atoms with van der Waals surface area (Å²) in [7, 11) is -3.83. The van der Waals surface area contributed by atoms with E-state index in [4.69, 9.17) is 22.0 Å². The first-order valence-electron chi connectivity index (χ1n) is 8.46. The molecular formula is C17H20ClN3O4S. The lowest BCUT2D eigenvalue weighted by molar-refractivity contribution is -0.139. The second-order valence-electron chi connectivity index (χ2n) is 6.97. The molecule has 0 aliphatic heterocycles. The van der Waals surface area contributed by atoms with E-state index in [9.17, 15) is 13.2 Å². The number of carboxylic acids is 1. The van der Waals surface area contributed by atoms with Crippen LogP contribution >= 0.6 is 11.6 Å². The first kappa shape index (κ1) is 19.1. The van der Waals surface area contributed by atoms with Crippen molar-refractivity contribution in [3.8, 4) is 6.07 Å². The molecule has 0 atom stereocenters. The predicted molar refractivity (Wildman–Crippen MR) is 95.2 cm³/mol. The highest BCUT2D eigenvalue weighted by Gasteiger charge is 2.39. The average molecular weight is 398 g/mol. The molecule has 1 aromatic rings. The lowest BCUT2D eigenvalue weighted by Gasteiger charge is -2.42. The Morgan fingerprint density at radius 1 is 1.38 bits per heavy atom. The van der Waals surface area contributed by atoms with Crippen LogP contribution in [0, 0.1) is 17.2 Å². The fourth-order valence-electron chi connectivity index (χ4n) is 3.19. The van der Waals surface area contributed by atoms with Crippen LogP contribution in [0.25, 0.3) is 0 Å². The van der Waals surface area contributed by atoms with E-state index in [1.807, 2.05) is 11.0 Å². The summed E-state index contributed by atoms with van der Waals surface area (Å²) in [6.45, 7) is 0.739. The normalized spacial score (nSPS) is 22.7. The Labute approximate surface area is 157 Å². The summed E-state index contributed by atoms with van der Waals surface area (Å²) in [6.07, 6.45) is 3.39. The second kappa shape index (κ2) is 7.53. The van der Waals surface area contributed by atoms with Gasteiger partial charge in [0.2, 0.25) is 10.0 Å². The zero-order chi connectivity index (χ0) is 18.9. The molecule has 2 saturated carbocycles. The van der Waals surface area contributed by atoms with Crippen molar-refractivity contribution in [2.24, 2.45) is 5.92 Å². The number of rotatable bonds is 8. The number of nitrogens with one attached hydrogen (secondary N) is 1. The fourth-order valence-corrected chi connectivity index (χ4v) is 4.98. The number of nitrogens with zero attached hydrogens (tertiary/aromatic N) is 2. The highest BCUT2D eigenvalue weighted by atomic mass is 35.5. The van der Waals surface area contributed by atoms with Crippen LogP contribution in [-0.2, 0) is 14.8 Å². The zero-order valence-electron chi connectivity index (χ0n) is 14.1. The van der Waals surface area contributed by atoms with E-state index >= 15 is 0 Å². The third kappa shape index (κ3) is 4.54. The van der Waals surface area contributed by atoms with Crippen molar-refractivity contribution in [1.82, 2.24) is 9.62 Å². The molecule has 1 aromatic carbocycles. The molecule has 2 fully saturated rings. The SMILES string of the molecule is N#Cc1ccc(Cl)c(S(=O)(=O)NC2CC(N(CC(=O)O)CC3CC3)C2)c1. The fraction of sp³-hybridized carbons (Fsp3) is 0.529. The van der Waals surface area contributed by atoms with Crippen LogP contribution in [0.3, 0.4) is 0 Å². The van der Waals surface area contributed by atoms with E-state index in [0.29, 0.717) is 18.8 Å². The van der Waals surface area contributed by atoms with Gasteiger partial charge < -0.3 is 5.11 Å². The van der Waals surface area contributed by atoms with Crippen LogP contribution in [0.4, 0.5) is 0 Å². The van der Waals surface area contributed by atoms with Crippen LogP contribution < -0.4 is 4.72 Å². The topological polar surface area (TPSA) is 110 Å². The van der Waals surface area contributed by atoms with E-state index in [2.05, 4.69) is 4.72 Å². The Kier molecular flexibility index (Phi) is 5.53. The minimum atomic E-state index is -3.83. The summed E-state index contributed by atoms with van der Waals surface area (Å²) in [5.41, 5.74) is 0.221.